The number of phenolic OH excluding ortho intramolecular Hbond substituents is 1. The van der Waals surface area contributed by atoms with E-state index >= 15 is 0 Å². The number of aromatic hydroxyl groups is 1. The highest BCUT2D eigenvalue weighted by molar-refractivity contribution is 6.30. The molecule has 2 aromatic rings. The SMILES string of the molecule is Oc1ccc(Cl)cc1-c1nc(C2CC2)no1. The van der Waals surface area contributed by atoms with E-state index in [0.29, 0.717) is 22.4 Å². The number of benzene rings is 1. The summed E-state index contributed by atoms with van der Waals surface area (Å²) in [5, 5.41) is 14.1. The Morgan fingerprint density at radius 2 is 2.19 bits per heavy atom. The van der Waals surface area contributed by atoms with Crippen LogP contribution in [-0.4, -0.2) is 15.2 Å². The van der Waals surface area contributed by atoms with Crippen LogP contribution in [0.15, 0.2) is 22.7 Å². The number of nitrogens with zero attached hydrogens (tertiary/aromatic N) is 2. The first kappa shape index (κ1) is 9.66. The molecule has 1 aliphatic carbocycles. The van der Waals surface area contributed by atoms with Gasteiger partial charge in [-0.3, -0.25) is 0 Å². The zero-order chi connectivity index (χ0) is 11.1. The molecule has 82 valence electrons. The van der Waals surface area contributed by atoms with Gasteiger partial charge in [-0.2, -0.15) is 4.98 Å². The van der Waals surface area contributed by atoms with Gasteiger partial charge in [-0.05, 0) is 31.0 Å². The minimum atomic E-state index is 0.0930. The highest BCUT2D eigenvalue weighted by Crippen LogP contribution is 2.39. The Balaban J connectivity index is 2.03. The van der Waals surface area contributed by atoms with Crippen LogP contribution in [0, 0.1) is 0 Å². The minimum Gasteiger partial charge on any atom is -0.507 e. The zero-order valence-electron chi connectivity index (χ0n) is 8.35. The van der Waals surface area contributed by atoms with E-state index in [1.807, 2.05) is 0 Å². The first-order valence-corrected chi connectivity index (χ1v) is 5.44. The van der Waals surface area contributed by atoms with Crippen LogP contribution in [0.2, 0.25) is 5.02 Å². The molecule has 4 nitrogen and oxygen atoms in total. The first-order valence-electron chi connectivity index (χ1n) is 5.06. The lowest BCUT2D eigenvalue weighted by molar-refractivity contribution is 0.417. The Bertz CT molecular complexity index is 535. The smallest absolute Gasteiger partial charge is 0.261 e. The van der Waals surface area contributed by atoms with E-state index in [4.69, 9.17) is 16.1 Å². The fourth-order valence-corrected chi connectivity index (χ4v) is 1.70. The Morgan fingerprint density at radius 1 is 1.38 bits per heavy atom. The number of aromatic nitrogens is 2. The molecule has 0 amide bonds. The summed E-state index contributed by atoms with van der Waals surface area (Å²) in [5.41, 5.74) is 0.479. The lowest BCUT2D eigenvalue weighted by Gasteiger charge is -1.98. The van der Waals surface area contributed by atoms with Gasteiger partial charge >= 0.3 is 0 Å². The average Bonchev–Trinajstić information content (AvgIpc) is 3.01. The Hall–Kier alpha value is -1.55. The molecule has 0 radical (unpaired) electrons. The van der Waals surface area contributed by atoms with Crippen LogP contribution in [0.3, 0.4) is 0 Å². The first-order chi connectivity index (χ1) is 7.74. The van der Waals surface area contributed by atoms with Gasteiger partial charge in [-0.1, -0.05) is 16.8 Å². The molecular formula is C11H9ClN2O2. The molecule has 1 N–H and O–H groups in total. The normalized spacial score (nSPS) is 15.3. The number of halogens is 1. The largest absolute Gasteiger partial charge is 0.507 e. The van der Waals surface area contributed by atoms with Gasteiger partial charge in [0, 0.05) is 10.9 Å². The van der Waals surface area contributed by atoms with Crippen LogP contribution in [0.25, 0.3) is 11.5 Å². The number of phenols is 1. The van der Waals surface area contributed by atoms with E-state index in [-0.39, 0.29) is 5.75 Å². The summed E-state index contributed by atoms with van der Waals surface area (Å²) in [7, 11) is 0. The summed E-state index contributed by atoms with van der Waals surface area (Å²) in [4.78, 5) is 4.25. The van der Waals surface area contributed by atoms with E-state index in [0.717, 1.165) is 18.7 Å². The van der Waals surface area contributed by atoms with Gasteiger partial charge in [0.05, 0.1) is 5.56 Å². The standard InChI is InChI=1S/C11H9ClN2O2/c12-7-3-4-9(15)8(5-7)11-13-10(14-16-11)6-1-2-6/h3-6,15H,1-2H2. The topological polar surface area (TPSA) is 59.2 Å². The van der Waals surface area contributed by atoms with Crippen molar-refractivity contribution in [1.82, 2.24) is 10.1 Å². The number of hydrogen-bond acceptors (Lipinski definition) is 4. The van der Waals surface area contributed by atoms with Crippen LogP contribution in [0.5, 0.6) is 5.75 Å². The second-order valence-corrected chi connectivity index (χ2v) is 4.33. The molecule has 1 aromatic heterocycles. The highest BCUT2D eigenvalue weighted by Gasteiger charge is 2.29. The van der Waals surface area contributed by atoms with Gasteiger partial charge in [-0.15, -0.1) is 0 Å². The van der Waals surface area contributed by atoms with Crippen LogP contribution in [-0.2, 0) is 0 Å². The molecule has 0 saturated heterocycles. The van der Waals surface area contributed by atoms with Crippen molar-refractivity contribution < 1.29 is 9.63 Å². The molecule has 0 aliphatic heterocycles. The Kier molecular flexibility index (Phi) is 2.11. The van der Waals surface area contributed by atoms with Crippen molar-refractivity contribution in [3.8, 4) is 17.2 Å². The average molecular weight is 237 g/mol. The third kappa shape index (κ3) is 1.65. The number of hydrogen-bond donors (Lipinski definition) is 1. The fourth-order valence-electron chi connectivity index (χ4n) is 1.53. The third-order valence-corrected chi connectivity index (χ3v) is 2.81. The van der Waals surface area contributed by atoms with Crippen molar-refractivity contribution in [3.63, 3.8) is 0 Å². The second kappa shape index (κ2) is 3.49. The summed E-state index contributed by atoms with van der Waals surface area (Å²) in [6.45, 7) is 0. The van der Waals surface area contributed by atoms with Crippen molar-refractivity contribution >= 4 is 11.6 Å². The molecule has 5 heteroatoms. The molecule has 1 aromatic carbocycles. The summed E-state index contributed by atoms with van der Waals surface area (Å²) in [6, 6.07) is 4.73. The molecule has 0 bridgehead atoms. The van der Waals surface area contributed by atoms with Crippen molar-refractivity contribution in [1.29, 1.82) is 0 Å². The van der Waals surface area contributed by atoms with Gasteiger partial charge in [0.2, 0.25) is 0 Å². The van der Waals surface area contributed by atoms with Crippen LogP contribution >= 0.6 is 11.6 Å². The molecule has 1 saturated carbocycles. The summed E-state index contributed by atoms with van der Waals surface area (Å²) < 4.78 is 5.11. The lowest BCUT2D eigenvalue weighted by Crippen LogP contribution is -1.83. The monoisotopic (exact) mass is 236 g/mol. The van der Waals surface area contributed by atoms with E-state index in [2.05, 4.69) is 10.1 Å². The number of rotatable bonds is 2. The molecule has 3 rings (SSSR count). The van der Waals surface area contributed by atoms with E-state index in [9.17, 15) is 5.11 Å². The van der Waals surface area contributed by atoms with Crippen LogP contribution in [0.1, 0.15) is 24.6 Å². The Labute approximate surface area is 96.9 Å². The van der Waals surface area contributed by atoms with Crippen LogP contribution < -0.4 is 0 Å². The maximum Gasteiger partial charge on any atom is 0.261 e. The fraction of sp³-hybridized carbons (Fsp3) is 0.273. The van der Waals surface area contributed by atoms with E-state index in [1.165, 1.54) is 6.07 Å². The van der Waals surface area contributed by atoms with Gasteiger partial charge in [0.25, 0.3) is 5.89 Å². The van der Waals surface area contributed by atoms with Gasteiger partial charge in [0.1, 0.15) is 5.75 Å². The molecule has 0 unspecified atom stereocenters. The van der Waals surface area contributed by atoms with Crippen molar-refractivity contribution in [2.75, 3.05) is 0 Å². The van der Waals surface area contributed by atoms with Crippen LogP contribution in [0.4, 0.5) is 0 Å². The molecule has 1 fully saturated rings. The molecule has 16 heavy (non-hydrogen) atoms. The predicted octanol–water partition coefficient (Wildman–Crippen LogP) is 2.97. The zero-order valence-corrected chi connectivity index (χ0v) is 9.11. The van der Waals surface area contributed by atoms with Crippen molar-refractivity contribution in [2.45, 2.75) is 18.8 Å². The molecular weight excluding hydrogens is 228 g/mol. The van der Waals surface area contributed by atoms with Crippen molar-refractivity contribution in [2.24, 2.45) is 0 Å². The third-order valence-electron chi connectivity index (χ3n) is 2.57. The molecule has 0 atom stereocenters. The lowest BCUT2D eigenvalue weighted by atomic mass is 10.2. The minimum absolute atomic E-state index is 0.0930. The highest BCUT2D eigenvalue weighted by atomic mass is 35.5. The Morgan fingerprint density at radius 3 is 2.94 bits per heavy atom. The van der Waals surface area contributed by atoms with Crippen molar-refractivity contribution in [3.05, 3.63) is 29.0 Å². The quantitative estimate of drug-likeness (QED) is 0.871. The van der Waals surface area contributed by atoms with E-state index < -0.39 is 0 Å². The molecule has 1 heterocycles. The summed E-state index contributed by atoms with van der Waals surface area (Å²) >= 11 is 5.85. The van der Waals surface area contributed by atoms with Gasteiger partial charge in [0.15, 0.2) is 5.82 Å². The maximum atomic E-state index is 9.67. The summed E-state index contributed by atoms with van der Waals surface area (Å²) in [6.07, 6.45) is 2.22. The molecule has 0 spiro atoms. The van der Waals surface area contributed by atoms with Gasteiger partial charge in [-0.25, -0.2) is 0 Å². The van der Waals surface area contributed by atoms with E-state index in [1.54, 1.807) is 12.1 Å². The maximum absolute atomic E-state index is 9.67. The second-order valence-electron chi connectivity index (χ2n) is 3.89. The molecule has 1 aliphatic rings. The predicted molar refractivity (Wildman–Crippen MR) is 58.4 cm³/mol. The summed E-state index contributed by atoms with van der Waals surface area (Å²) in [5.74, 6) is 1.56. The van der Waals surface area contributed by atoms with Gasteiger partial charge < -0.3 is 9.63 Å².